The third kappa shape index (κ3) is 6.32. The van der Waals surface area contributed by atoms with Gasteiger partial charge in [0.15, 0.2) is 11.4 Å². The van der Waals surface area contributed by atoms with Crippen LogP contribution in [0.2, 0.25) is 0 Å². The number of fused-ring (bicyclic) bond motifs is 1. The lowest BCUT2D eigenvalue weighted by molar-refractivity contribution is -0.183. The highest BCUT2D eigenvalue weighted by atomic mass is 19.1. The summed E-state index contributed by atoms with van der Waals surface area (Å²) in [6.45, 7) is 10.7. The molecule has 6 nitrogen and oxygen atoms in total. The zero-order chi connectivity index (χ0) is 25.9. The number of aryl methyl sites for hydroxylation is 1. The zero-order valence-corrected chi connectivity index (χ0v) is 21.9. The number of amides is 1. The van der Waals surface area contributed by atoms with Gasteiger partial charge in [0, 0.05) is 24.9 Å². The smallest absolute Gasteiger partial charge is 0.252 e. The number of carbonyl (C=O) groups is 1. The van der Waals surface area contributed by atoms with Crippen LogP contribution in [-0.4, -0.2) is 42.2 Å². The van der Waals surface area contributed by atoms with Gasteiger partial charge in [-0.15, -0.1) is 0 Å². The Hall–Kier alpha value is -2.32. The van der Waals surface area contributed by atoms with Gasteiger partial charge < -0.3 is 24.3 Å². The fourth-order valence-corrected chi connectivity index (χ4v) is 4.88. The van der Waals surface area contributed by atoms with Gasteiger partial charge in [-0.3, -0.25) is 4.79 Å². The first-order chi connectivity index (χ1) is 17.1. The Kier molecular flexibility index (Phi) is 8.15. The average Bonchev–Trinajstić information content (AvgIpc) is 3.15. The molecule has 2 aliphatic rings. The molecule has 0 radical (unpaired) electrons. The zero-order valence-electron chi connectivity index (χ0n) is 21.9. The second-order valence-corrected chi connectivity index (χ2v) is 10.9. The monoisotopic (exact) mass is 499 g/mol. The van der Waals surface area contributed by atoms with Crippen molar-refractivity contribution in [2.24, 2.45) is 5.92 Å². The number of carbonyl (C=O) groups excluding carboxylic acids is 1. The minimum Gasteiger partial charge on any atom is -0.371 e. The van der Waals surface area contributed by atoms with E-state index >= 15 is 0 Å². The van der Waals surface area contributed by atoms with Gasteiger partial charge in [0.1, 0.15) is 11.9 Å². The number of hydrogen-bond donors (Lipinski definition) is 1. The molecule has 196 valence electrons. The number of ether oxygens (including phenoxy) is 4. The Morgan fingerprint density at radius 2 is 1.81 bits per heavy atom. The standard InChI is InChI=1S/C29H38FNO5/c1-19(2)16-31-27(32)29(34-18-22-8-6-7-9-23(22)30)14-24(26-25(15-29)35-28(4,5)36-26)33-17-21-12-10-20(3)11-13-21/h6-13,19,24-26H,14-18H2,1-5H3,(H,31,32)/t24?,25-,26+,29-/m1/s1. The van der Waals surface area contributed by atoms with Crippen molar-refractivity contribution in [3.05, 3.63) is 71.0 Å². The lowest BCUT2D eigenvalue weighted by atomic mass is 9.78. The highest BCUT2D eigenvalue weighted by Crippen LogP contribution is 2.44. The Morgan fingerprint density at radius 1 is 1.08 bits per heavy atom. The first kappa shape index (κ1) is 26.7. The van der Waals surface area contributed by atoms with Crippen molar-refractivity contribution in [1.29, 1.82) is 0 Å². The van der Waals surface area contributed by atoms with E-state index in [0.717, 1.165) is 5.56 Å². The highest BCUT2D eigenvalue weighted by Gasteiger charge is 2.58. The summed E-state index contributed by atoms with van der Waals surface area (Å²) in [6, 6.07) is 14.6. The minimum absolute atomic E-state index is 0.0336. The first-order valence-electron chi connectivity index (χ1n) is 12.8. The molecule has 36 heavy (non-hydrogen) atoms. The van der Waals surface area contributed by atoms with Crippen LogP contribution < -0.4 is 5.32 Å². The molecule has 0 aromatic heterocycles. The van der Waals surface area contributed by atoms with E-state index in [9.17, 15) is 9.18 Å². The van der Waals surface area contributed by atoms with Crippen molar-refractivity contribution in [2.75, 3.05) is 6.54 Å². The summed E-state index contributed by atoms with van der Waals surface area (Å²) in [6.07, 6.45) is -0.616. The Labute approximate surface area is 213 Å². The highest BCUT2D eigenvalue weighted by molar-refractivity contribution is 5.85. The van der Waals surface area contributed by atoms with Crippen LogP contribution in [0.4, 0.5) is 4.39 Å². The second kappa shape index (κ2) is 11.0. The van der Waals surface area contributed by atoms with Crippen LogP contribution in [0.5, 0.6) is 0 Å². The fourth-order valence-electron chi connectivity index (χ4n) is 4.88. The van der Waals surface area contributed by atoms with Crippen molar-refractivity contribution >= 4 is 5.91 Å². The maximum absolute atomic E-state index is 14.4. The molecule has 2 fully saturated rings. The molecule has 2 aromatic rings. The van der Waals surface area contributed by atoms with Crippen LogP contribution >= 0.6 is 0 Å². The maximum Gasteiger partial charge on any atom is 0.252 e. The maximum atomic E-state index is 14.4. The summed E-state index contributed by atoms with van der Waals surface area (Å²) in [4.78, 5) is 13.7. The third-order valence-corrected chi connectivity index (χ3v) is 6.78. The predicted molar refractivity (Wildman–Crippen MR) is 135 cm³/mol. The van der Waals surface area contributed by atoms with E-state index in [-0.39, 0.29) is 36.8 Å². The molecule has 4 atom stereocenters. The Bertz CT molecular complexity index is 1040. The molecule has 0 spiro atoms. The van der Waals surface area contributed by atoms with Crippen LogP contribution in [0.3, 0.4) is 0 Å². The van der Waals surface area contributed by atoms with Crippen LogP contribution in [0.15, 0.2) is 48.5 Å². The van der Waals surface area contributed by atoms with Gasteiger partial charge in [-0.25, -0.2) is 4.39 Å². The van der Waals surface area contributed by atoms with E-state index in [2.05, 4.69) is 5.32 Å². The van der Waals surface area contributed by atoms with Crippen LogP contribution in [0.1, 0.15) is 57.2 Å². The molecule has 1 saturated carbocycles. The summed E-state index contributed by atoms with van der Waals surface area (Å²) in [5.41, 5.74) is 1.35. The molecule has 1 aliphatic carbocycles. The van der Waals surface area contributed by atoms with Gasteiger partial charge in [0.05, 0.1) is 25.4 Å². The molecule has 1 heterocycles. The van der Waals surface area contributed by atoms with Crippen molar-refractivity contribution in [3.8, 4) is 0 Å². The molecule has 1 amide bonds. The SMILES string of the molecule is Cc1ccc(COC2C[C@](OCc3ccccc3F)(C(=O)NCC(C)C)C[C@H]3OC(C)(C)O[C@@H]23)cc1. The molecular weight excluding hydrogens is 461 g/mol. The van der Waals surface area contributed by atoms with Crippen molar-refractivity contribution < 1.29 is 28.1 Å². The molecule has 0 bridgehead atoms. The van der Waals surface area contributed by atoms with Gasteiger partial charge in [-0.1, -0.05) is 61.9 Å². The van der Waals surface area contributed by atoms with E-state index < -0.39 is 23.6 Å². The van der Waals surface area contributed by atoms with E-state index in [0.29, 0.717) is 25.1 Å². The normalized spacial score (nSPS) is 27.1. The molecule has 1 N–H and O–H groups in total. The number of benzene rings is 2. The predicted octanol–water partition coefficient (Wildman–Crippen LogP) is 5.06. The molecule has 4 rings (SSSR count). The first-order valence-corrected chi connectivity index (χ1v) is 12.8. The fraction of sp³-hybridized carbons (Fsp3) is 0.552. The molecular formula is C29H38FNO5. The van der Waals surface area contributed by atoms with E-state index in [1.807, 2.05) is 58.9 Å². The largest absolute Gasteiger partial charge is 0.371 e. The number of hydrogen-bond acceptors (Lipinski definition) is 5. The van der Waals surface area contributed by atoms with Gasteiger partial charge in [0.25, 0.3) is 5.91 Å². The van der Waals surface area contributed by atoms with Gasteiger partial charge in [0.2, 0.25) is 0 Å². The third-order valence-electron chi connectivity index (χ3n) is 6.78. The van der Waals surface area contributed by atoms with Gasteiger partial charge >= 0.3 is 0 Å². The number of rotatable bonds is 9. The number of halogens is 1. The van der Waals surface area contributed by atoms with Crippen molar-refractivity contribution in [1.82, 2.24) is 5.32 Å². The van der Waals surface area contributed by atoms with Crippen LogP contribution in [-0.2, 0) is 37.0 Å². The molecule has 1 aliphatic heterocycles. The van der Waals surface area contributed by atoms with Crippen molar-refractivity contribution in [2.45, 2.75) is 90.4 Å². The average molecular weight is 500 g/mol. The van der Waals surface area contributed by atoms with E-state index in [1.54, 1.807) is 18.2 Å². The topological polar surface area (TPSA) is 66.0 Å². The lowest BCUT2D eigenvalue weighted by Crippen LogP contribution is -2.60. The van der Waals surface area contributed by atoms with E-state index in [1.165, 1.54) is 11.6 Å². The molecule has 1 saturated heterocycles. The number of nitrogens with one attached hydrogen (secondary N) is 1. The van der Waals surface area contributed by atoms with Gasteiger partial charge in [-0.2, -0.15) is 0 Å². The quantitative estimate of drug-likeness (QED) is 0.522. The summed E-state index contributed by atoms with van der Waals surface area (Å²) in [5, 5.41) is 3.04. The summed E-state index contributed by atoms with van der Waals surface area (Å²) >= 11 is 0. The Balaban J connectivity index is 1.60. The van der Waals surface area contributed by atoms with Crippen molar-refractivity contribution in [3.63, 3.8) is 0 Å². The van der Waals surface area contributed by atoms with Crippen LogP contribution in [0.25, 0.3) is 0 Å². The molecule has 7 heteroatoms. The summed E-state index contributed by atoms with van der Waals surface area (Å²) in [7, 11) is 0. The van der Waals surface area contributed by atoms with Gasteiger partial charge in [-0.05, 0) is 38.3 Å². The molecule has 1 unspecified atom stereocenters. The lowest BCUT2D eigenvalue weighted by Gasteiger charge is -2.43. The molecule has 2 aromatic carbocycles. The summed E-state index contributed by atoms with van der Waals surface area (Å²) in [5.74, 6) is -1.13. The second-order valence-electron chi connectivity index (χ2n) is 10.9. The summed E-state index contributed by atoms with van der Waals surface area (Å²) < 4.78 is 39.6. The minimum atomic E-state index is -1.25. The Morgan fingerprint density at radius 3 is 2.50 bits per heavy atom. The van der Waals surface area contributed by atoms with Crippen LogP contribution in [0, 0.1) is 18.7 Å². The van der Waals surface area contributed by atoms with E-state index in [4.69, 9.17) is 18.9 Å².